The van der Waals surface area contributed by atoms with Gasteiger partial charge in [-0.15, -0.1) is 0 Å². The molecule has 10 nitrogen and oxygen atoms in total. The van der Waals surface area contributed by atoms with Crippen LogP contribution in [0.2, 0.25) is 10.0 Å². The Balaban J connectivity index is 1.57. The van der Waals surface area contributed by atoms with E-state index in [1.807, 2.05) is 11.1 Å². The largest absolute Gasteiger partial charge is 0.506 e. The minimum absolute atomic E-state index is 0.00133. The predicted octanol–water partition coefficient (Wildman–Crippen LogP) is 6.83. The average molecular weight is 749 g/mol. The molecule has 2 aromatic carbocycles. The normalized spacial score (nSPS) is 16.5. The zero-order valence-electron chi connectivity index (χ0n) is 24.5. The Morgan fingerprint density at radius 1 is 1.19 bits per heavy atom. The number of H-pyrrole nitrogens is 1. The Morgan fingerprint density at radius 2 is 1.92 bits per heavy atom. The SMILES string of the molecule is N#CC[C@@H]1c2cc(O)c(N3CCCN(CC(F)F)C3=O)cc2CN1C(=O)c1c(Sc2c(Cl)ccc(CO)c2Cl)cc(C(F)(F)Cl)[nH]c1=O. The molecule has 0 saturated carbocycles. The van der Waals surface area contributed by atoms with Gasteiger partial charge in [-0.1, -0.05) is 41.0 Å². The van der Waals surface area contributed by atoms with Crippen molar-refractivity contribution >= 4 is 64.2 Å². The van der Waals surface area contributed by atoms with Crippen molar-refractivity contribution < 1.29 is 37.4 Å². The number of aromatic nitrogens is 1. The van der Waals surface area contributed by atoms with Gasteiger partial charge in [-0.2, -0.15) is 14.0 Å². The van der Waals surface area contributed by atoms with Gasteiger partial charge in [0.2, 0.25) is 0 Å². The fourth-order valence-electron chi connectivity index (χ4n) is 5.64. The van der Waals surface area contributed by atoms with E-state index >= 15 is 0 Å². The van der Waals surface area contributed by atoms with Crippen molar-refractivity contribution in [1.82, 2.24) is 14.8 Å². The molecular weight excluding hydrogens is 725 g/mol. The van der Waals surface area contributed by atoms with Gasteiger partial charge in [0.05, 0.1) is 47.4 Å². The number of anilines is 1. The van der Waals surface area contributed by atoms with Crippen LogP contribution < -0.4 is 10.5 Å². The van der Waals surface area contributed by atoms with Crippen LogP contribution in [0.4, 0.5) is 28.0 Å². The number of nitrogens with one attached hydrogen (secondary N) is 1. The molecule has 0 unspecified atom stereocenters. The molecule has 0 aliphatic carbocycles. The zero-order valence-corrected chi connectivity index (χ0v) is 27.5. The smallest absolute Gasteiger partial charge is 0.362 e. The third kappa shape index (κ3) is 6.90. The summed E-state index contributed by atoms with van der Waals surface area (Å²) in [5.74, 6) is -1.39. The number of carbonyl (C=O) groups is 2. The summed E-state index contributed by atoms with van der Waals surface area (Å²) >= 11 is 18.6. The van der Waals surface area contributed by atoms with Gasteiger partial charge in [-0.05, 0) is 59.0 Å². The van der Waals surface area contributed by atoms with Gasteiger partial charge >= 0.3 is 11.4 Å². The van der Waals surface area contributed by atoms with Gasteiger partial charge in [0.1, 0.15) is 17.0 Å². The molecule has 5 rings (SSSR count). The number of carbonyl (C=O) groups excluding carboxylic acids is 2. The number of phenolic OH excluding ortho intramolecular Hbond substituents is 1. The highest BCUT2D eigenvalue weighted by Crippen LogP contribution is 2.46. The first-order valence-electron chi connectivity index (χ1n) is 14.1. The second kappa shape index (κ2) is 14.0. The van der Waals surface area contributed by atoms with E-state index < -0.39 is 65.5 Å². The number of hydrogen-bond acceptors (Lipinski definition) is 7. The number of hydrogen-bond donors (Lipinski definition) is 3. The summed E-state index contributed by atoms with van der Waals surface area (Å²) in [5, 5.41) is 26.2. The second-order valence-electron chi connectivity index (χ2n) is 10.8. The zero-order chi connectivity index (χ0) is 35.1. The molecule has 1 saturated heterocycles. The molecule has 254 valence electrons. The molecule has 0 spiro atoms. The number of urea groups is 1. The first-order chi connectivity index (χ1) is 22.7. The number of halogens is 7. The molecular formula is C30H24Cl3F4N5O5S. The summed E-state index contributed by atoms with van der Waals surface area (Å²) in [7, 11) is 0. The van der Waals surface area contributed by atoms with E-state index in [4.69, 9.17) is 34.8 Å². The van der Waals surface area contributed by atoms with Gasteiger partial charge in [0.15, 0.2) is 0 Å². The molecule has 0 radical (unpaired) electrons. The molecule has 3 heterocycles. The van der Waals surface area contributed by atoms with E-state index in [-0.39, 0.29) is 57.1 Å². The molecule has 48 heavy (non-hydrogen) atoms. The molecule has 1 atom stereocenters. The van der Waals surface area contributed by atoms with Crippen LogP contribution in [0, 0.1) is 11.3 Å². The first-order valence-corrected chi connectivity index (χ1v) is 16.1. The van der Waals surface area contributed by atoms with Crippen molar-refractivity contribution in [3.8, 4) is 11.8 Å². The van der Waals surface area contributed by atoms with Gasteiger partial charge in [0.25, 0.3) is 17.9 Å². The lowest BCUT2D eigenvalue weighted by Crippen LogP contribution is -2.50. The van der Waals surface area contributed by atoms with E-state index in [1.54, 1.807) is 0 Å². The third-order valence-corrected chi connectivity index (χ3v) is 10.2. The minimum Gasteiger partial charge on any atom is -0.506 e. The van der Waals surface area contributed by atoms with Crippen molar-refractivity contribution in [2.75, 3.05) is 24.5 Å². The number of aliphatic hydroxyl groups excluding tert-OH is 1. The Kier molecular flexibility index (Phi) is 10.4. The van der Waals surface area contributed by atoms with Crippen LogP contribution in [0.15, 0.2) is 44.9 Å². The molecule has 3 aromatic rings. The summed E-state index contributed by atoms with van der Waals surface area (Å²) in [6, 6.07) is 6.46. The summed E-state index contributed by atoms with van der Waals surface area (Å²) in [6.07, 6.45) is -2.74. The maximum absolute atomic E-state index is 14.2. The topological polar surface area (TPSA) is 141 Å². The van der Waals surface area contributed by atoms with E-state index in [0.29, 0.717) is 29.3 Å². The lowest BCUT2D eigenvalue weighted by Gasteiger charge is -2.35. The van der Waals surface area contributed by atoms with E-state index in [9.17, 15) is 47.4 Å². The monoisotopic (exact) mass is 747 g/mol. The molecule has 1 fully saturated rings. The molecule has 3 amide bonds. The highest BCUT2D eigenvalue weighted by atomic mass is 35.5. The van der Waals surface area contributed by atoms with Crippen LogP contribution in [-0.2, 0) is 18.5 Å². The van der Waals surface area contributed by atoms with Crippen molar-refractivity contribution in [1.29, 1.82) is 5.26 Å². The predicted molar refractivity (Wildman–Crippen MR) is 169 cm³/mol. The maximum Gasteiger partial charge on any atom is 0.362 e. The Bertz CT molecular complexity index is 1890. The summed E-state index contributed by atoms with van der Waals surface area (Å²) in [6.45, 7) is -1.32. The van der Waals surface area contributed by atoms with Gasteiger partial charge in [0, 0.05) is 29.4 Å². The number of fused-ring (bicyclic) bond motifs is 1. The quantitative estimate of drug-likeness (QED) is 0.161. The highest BCUT2D eigenvalue weighted by Gasteiger charge is 2.40. The Labute approximate surface area is 289 Å². The summed E-state index contributed by atoms with van der Waals surface area (Å²) < 4.78 is 54.6. The van der Waals surface area contributed by atoms with Crippen molar-refractivity contribution in [3.63, 3.8) is 0 Å². The lowest BCUT2D eigenvalue weighted by molar-refractivity contribution is 0.0684. The number of alkyl halides is 5. The maximum atomic E-state index is 14.2. The van der Waals surface area contributed by atoms with Crippen LogP contribution in [-0.4, -0.2) is 63.0 Å². The number of phenols is 1. The number of benzene rings is 2. The van der Waals surface area contributed by atoms with Crippen molar-refractivity contribution in [3.05, 3.63) is 78.7 Å². The molecule has 18 heteroatoms. The number of aromatic hydroxyl groups is 1. The van der Waals surface area contributed by atoms with Crippen LogP contribution >= 0.6 is 46.6 Å². The molecule has 0 bridgehead atoms. The second-order valence-corrected chi connectivity index (χ2v) is 13.1. The van der Waals surface area contributed by atoms with Crippen molar-refractivity contribution in [2.24, 2.45) is 0 Å². The number of amides is 3. The molecule has 3 N–H and O–H groups in total. The summed E-state index contributed by atoms with van der Waals surface area (Å²) in [4.78, 5) is 45.5. The Morgan fingerprint density at radius 3 is 2.56 bits per heavy atom. The fraction of sp³-hybridized carbons (Fsp3) is 0.333. The molecule has 2 aliphatic heterocycles. The highest BCUT2D eigenvalue weighted by molar-refractivity contribution is 7.99. The lowest BCUT2D eigenvalue weighted by atomic mass is 10.0. The first kappa shape index (κ1) is 35.6. The number of nitrogens with zero attached hydrogens (tertiary/aromatic N) is 4. The minimum atomic E-state index is -4.05. The Hall–Kier alpha value is -3.68. The van der Waals surface area contributed by atoms with Crippen LogP contribution in [0.5, 0.6) is 5.75 Å². The standard InChI is InChI=1S/C30H24Cl3F4N5O5S/c31-17-3-2-14(13-43)25(32)26(17)48-21-10-22(30(33,36)37)39-27(45)24(21)28(46)42-11-15-8-19(20(44)9-16(15)18(42)4-5-38)41-7-1-6-40(29(41)47)12-23(34)35/h2-3,8-10,18,23,43-44H,1,4,6-7,11-13H2,(H,39,45)/t18-/m1/s1. The molecule has 2 aliphatic rings. The van der Waals surface area contributed by atoms with Gasteiger partial charge in [-0.25, -0.2) is 13.6 Å². The summed E-state index contributed by atoms with van der Waals surface area (Å²) in [5.41, 5.74) is -1.95. The fourth-order valence-corrected chi connectivity index (χ4v) is 7.47. The van der Waals surface area contributed by atoms with E-state index in [0.717, 1.165) is 20.8 Å². The third-order valence-electron chi connectivity index (χ3n) is 7.85. The number of rotatable bonds is 9. The van der Waals surface area contributed by atoms with Crippen molar-refractivity contribution in [2.45, 2.75) is 53.6 Å². The number of aromatic amines is 1. The van der Waals surface area contributed by atoms with Gasteiger partial charge < -0.3 is 25.0 Å². The number of aliphatic hydroxyl groups is 1. The van der Waals surface area contributed by atoms with Gasteiger partial charge in [-0.3, -0.25) is 14.5 Å². The number of pyridine rings is 1. The van der Waals surface area contributed by atoms with E-state index in [2.05, 4.69) is 0 Å². The van der Waals surface area contributed by atoms with Crippen LogP contribution in [0.3, 0.4) is 0 Å². The van der Waals surface area contributed by atoms with E-state index in [1.165, 1.54) is 24.3 Å². The average Bonchev–Trinajstić information content (AvgIpc) is 3.36. The number of nitriles is 1. The molecule has 1 aromatic heterocycles. The van der Waals surface area contributed by atoms with Crippen LogP contribution in [0.25, 0.3) is 0 Å². The van der Waals surface area contributed by atoms with Crippen LogP contribution in [0.1, 0.15) is 51.6 Å².